The minimum Gasteiger partial charge on any atom is -0.423 e. The predicted octanol–water partition coefficient (Wildman–Crippen LogP) is -1.88. The summed E-state index contributed by atoms with van der Waals surface area (Å²) in [7, 11) is -1.58. The molecule has 2 amide bonds. The normalized spacial score (nSPS) is 9.72. The van der Waals surface area contributed by atoms with E-state index in [-0.39, 0.29) is 24.9 Å². The second-order valence-electron chi connectivity index (χ2n) is 3.76. The van der Waals surface area contributed by atoms with Crippen LogP contribution in [-0.4, -0.2) is 35.5 Å². The molecule has 4 N–H and O–H groups in total. The number of carbonyl (C=O) groups excluding carboxylic acids is 2. The van der Waals surface area contributed by atoms with Crippen molar-refractivity contribution in [2.75, 3.05) is 6.54 Å². The number of hydrogen-bond donors (Lipinski definition) is 4. The van der Waals surface area contributed by atoms with Gasteiger partial charge in [0.1, 0.15) is 0 Å². The molecule has 0 radical (unpaired) electrons. The average molecular weight is 250 g/mol. The summed E-state index contributed by atoms with van der Waals surface area (Å²) in [5.74, 6) is -0.622. The van der Waals surface area contributed by atoms with Gasteiger partial charge in [-0.1, -0.05) is 24.3 Å². The highest BCUT2D eigenvalue weighted by Crippen LogP contribution is 1.96. The van der Waals surface area contributed by atoms with Crippen LogP contribution in [0.3, 0.4) is 0 Å². The van der Waals surface area contributed by atoms with Gasteiger partial charge in [-0.15, -0.1) is 0 Å². The summed E-state index contributed by atoms with van der Waals surface area (Å²) in [6.07, 6.45) is 0. The Morgan fingerprint density at radius 2 is 1.89 bits per heavy atom. The molecule has 96 valence electrons. The Bertz CT molecular complexity index is 437. The molecule has 0 atom stereocenters. The molecule has 18 heavy (non-hydrogen) atoms. The molecule has 1 aromatic carbocycles. The Morgan fingerprint density at radius 1 is 1.22 bits per heavy atom. The van der Waals surface area contributed by atoms with Crippen LogP contribution in [0.1, 0.15) is 12.5 Å². The second kappa shape index (κ2) is 6.78. The van der Waals surface area contributed by atoms with Gasteiger partial charge < -0.3 is 20.7 Å². The second-order valence-corrected chi connectivity index (χ2v) is 3.76. The van der Waals surface area contributed by atoms with Crippen molar-refractivity contribution in [1.29, 1.82) is 0 Å². The van der Waals surface area contributed by atoms with Gasteiger partial charge in [-0.05, 0) is 11.0 Å². The van der Waals surface area contributed by atoms with Crippen LogP contribution in [0.2, 0.25) is 0 Å². The fourth-order valence-electron chi connectivity index (χ4n) is 1.41. The lowest BCUT2D eigenvalue weighted by Gasteiger charge is -2.10. The highest BCUT2D eigenvalue weighted by atomic mass is 16.4. The highest BCUT2D eigenvalue weighted by Gasteiger charge is 2.15. The van der Waals surface area contributed by atoms with Crippen LogP contribution < -0.4 is 16.1 Å². The van der Waals surface area contributed by atoms with Crippen molar-refractivity contribution in [2.24, 2.45) is 0 Å². The zero-order valence-electron chi connectivity index (χ0n) is 10.0. The summed E-state index contributed by atoms with van der Waals surface area (Å²) in [5, 5.41) is 23.2. The third kappa shape index (κ3) is 4.56. The van der Waals surface area contributed by atoms with Gasteiger partial charge in [0.15, 0.2) is 0 Å². The quantitative estimate of drug-likeness (QED) is 0.459. The number of rotatable bonds is 5. The van der Waals surface area contributed by atoms with Crippen LogP contribution in [0.25, 0.3) is 0 Å². The van der Waals surface area contributed by atoms with Crippen molar-refractivity contribution in [3.05, 3.63) is 29.8 Å². The van der Waals surface area contributed by atoms with Gasteiger partial charge in [0, 0.05) is 13.5 Å². The van der Waals surface area contributed by atoms with Crippen molar-refractivity contribution < 1.29 is 19.6 Å². The van der Waals surface area contributed by atoms with Gasteiger partial charge in [0.2, 0.25) is 11.8 Å². The lowest BCUT2D eigenvalue weighted by Crippen LogP contribution is -2.38. The molecule has 0 aliphatic carbocycles. The molecule has 6 nitrogen and oxygen atoms in total. The van der Waals surface area contributed by atoms with Crippen LogP contribution >= 0.6 is 0 Å². The minimum atomic E-state index is -1.58. The Morgan fingerprint density at radius 3 is 2.50 bits per heavy atom. The Kier molecular flexibility index (Phi) is 5.35. The fraction of sp³-hybridized carbons (Fsp3) is 0.273. The largest absolute Gasteiger partial charge is 0.488 e. The molecule has 0 saturated carbocycles. The number of benzene rings is 1. The van der Waals surface area contributed by atoms with E-state index < -0.39 is 7.12 Å². The van der Waals surface area contributed by atoms with Gasteiger partial charge in [-0.25, -0.2) is 0 Å². The van der Waals surface area contributed by atoms with E-state index in [1.807, 2.05) is 0 Å². The zero-order valence-corrected chi connectivity index (χ0v) is 10.0. The molecule has 7 heteroatoms. The summed E-state index contributed by atoms with van der Waals surface area (Å²) in [6, 6.07) is 6.67. The van der Waals surface area contributed by atoms with E-state index in [2.05, 4.69) is 10.6 Å². The number of carbonyl (C=O) groups is 2. The maximum absolute atomic E-state index is 11.4. The van der Waals surface area contributed by atoms with Crippen molar-refractivity contribution in [2.45, 2.75) is 13.5 Å². The van der Waals surface area contributed by atoms with Crippen molar-refractivity contribution in [3.63, 3.8) is 0 Å². The Labute approximate surface area is 105 Å². The first-order valence-corrected chi connectivity index (χ1v) is 5.45. The van der Waals surface area contributed by atoms with Gasteiger partial charge in [-0.3, -0.25) is 9.59 Å². The van der Waals surface area contributed by atoms with Crippen LogP contribution in [0.5, 0.6) is 0 Å². The zero-order chi connectivity index (χ0) is 13.5. The third-order valence-corrected chi connectivity index (χ3v) is 2.31. The van der Waals surface area contributed by atoms with E-state index in [1.165, 1.54) is 6.92 Å². The van der Waals surface area contributed by atoms with Gasteiger partial charge >= 0.3 is 7.12 Å². The minimum absolute atomic E-state index is 0.0980. The summed E-state index contributed by atoms with van der Waals surface area (Å²) in [6.45, 7) is 1.40. The van der Waals surface area contributed by atoms with E-state index in [0.29, 0.717) is 11.0 Å². The fourth-order valence-corrected chi connectivity index (χ4v) is 1.41. The van der Waals surface area contributed by atoms with E-state index in [0.717, 1.165) is 0 Å². The van der Waals surface area contributed by atoms with Gasteiger partial charge in [0.25, 0.3) is 0 Å². The van der Waals surface area contributed by atoms with Crippen LogP contribution in [-0.2, 0) is 16.1 Å². The molecule has 0 unspecified atom stereocenters. The molecule has 0 aliphatic heterocycles. The van der Waals surface area contributed by atoms with Gasteiger partial charge in [-0.2, -0.15) is 0 Å². The van der Waals surface area contributed by atoms with Crippen molar-refractivity contribution in [3.8, 4) is 0 Å². The average Bonchev–Trinajstić information content (AvgIpc) is 2.34. The number of hydrogen-bond acceptors (Lipinski definition) is 4. The molecule has 0 fully saturated rings. The van der Waals surface area contributed by atoms with Crippen LogP contribution in [0.4, 0.5) is 0 Å². The van der Waals surface area contributed by atoms with Gasteiger partial charge in [0.05, 0.1) is 6.54 Å². The van der Waals surface area contributed by atoms with E-state index in [9.17, 15) is 9.59 Å². The first kappa shape index (κ1) is 14.2. The smallest absolute Gasteiger partial charge is 0.423 e. The monoisotopic (exact) mass is 250 g/mol. The summed E-state index contributed by atoms with van der Waals surface area (Å²) < 4.78 is 0. The van der Waals surface area contributed by atoms with Crippen molar-refractivity contribution in [1.82, 2.24) is 10.6 Å². The van der Waals surface area contributed by atoms with Crippen LogP contribution in [0, 0.1) is 0 Å². The highest BCUT2D eigenvalue weighted by molar-refractivity contribution is 6.59. The lowest BCUT2D eigenvalue weighted by molar-refractivity contribution is -0.125. The van der Waals surface area contributed by atoms with Crippen molar-refractivity contribution >= 4 is 24.4 Å². The molecule has 1 rings (SSSR count). The molecule has 0 spiro atoms. The number of nitrogens with one attached hydrogen (secondary N) is 2. The molecule has 0 saturated heterocycles. The van der Waals surface area contributed by atoms with E-state index in [1.54, 1.807) is 24.3 Å². The Balaban J connectivity index is 2.53. The molecule has 1 aromatic rings. The first-order valence-electron chi connectivity index (χ1n) is 5.45. The Hall–Kier alpha value is -1.86. The SMILES string of the molecule is CC(=O)NCC(=O)NCc1ccccc1B(O)O. The maximum atomic E-state index is 11.4. The first-order chi connectivity index (χ1) is 8.50. The third-order valence-electron chi connectivity index (χ3n) is 2.31. The predicted molar refractivity (Wildman–Crippen MR) is 66.8 cm³/mol. The molecule has 0 bridgehead atoms. The summed E-state index contributed by atoms with van der Waals surface area (Å²) >= 11 is 0. The molecular weight excluding hydrogens is 235 g/mol. The number of amides is 2. The van der Waals surface area contributed by atoms with E-state index in [4.69, 9.17) is 10.0 Å². The van der Waals surface area contributed by atoms with Crippen LogP contribution in [0.15, 0.2) is 24.3 Å². The molecule has 0 aliphatic rings. The maximum Gasteiger partial charge on any atom is 0.488 e. The topological polar surface area (TPSA) is 98.7 Å². The molecular formula is C11H15BN2O4. The molecule has 0 aromatic heterocycles. The standard InChI is InChI=1S/C11H15BN2O4/c1-8(15)13-7-11(16)14-6-9-4-2-3-5-10(9)12(17)18/h2-5,17-18H,6-7H2,1H3,(H,13,15)(H,14,16). The summed E-state index contributed by atoms with van der Waals surface area (Å²) in [5.41, 5.74) is 0.959. The molecule has 0 heterocycles. The summed E-state index contributed by atoms with van der Waals surface area (Å²) in [4.78, 5) is 22.0. The lowest BCUT2D eigenvalue weighted by atomic mass is 9.77. The van der Waals surface area contributed by atoms with E-state index >= 15 is 0 Å².